The molecular formula is C22H22FN5O2. The van der Waals surface area contributed by atoms with Gasteiger partial charge in [-0.2, -0.15) is 4.98 Å². The van der Waals surface area contributed by atoms with Gasteiger partial charge in [-0.05, 0) is 35.9 Å². The standard InChI is InChI=1S/C22H22FN5O2/c23-17(11-25)13-30-19-3-1-2-15(8-19)20-9-16-12-28(22(29)27-21(16)26-20)18-6-4-14(10-24)5-7-18/h1-9,12,17H,10-11,13,24-25H2,(H,26,27,29)/t17-/m1/s1. The van der Waals surface area contributed by atoms with Gasteiger partial charge in [-0.3, -0.25) is 4.57 Å². The van der Waals surface area contributed by atoms with Crippen molar-refractivity contribution in [3.63, 3.8) is 0 Å². The number of fused-ring (bicyclic) bond motifs is 1. The van der Waals surface area contributed by atoms with Crippen LogP contribution in [0.1, 0.15) is 5.56 Å². The van der Waals surface area contributed by atoms with E-state index in [2.05, 4.69) is 9.97 Å². The number of H-pyrrole nitrogens is 1. The first kappa shape index (κ1) is 19.8. The highest BCUT2D eigenvalue weighted by atomic mass is 19.1. The molecule has 30 heavy (non-hydrogen) atoms. The maximum absolute atomic E-state index is 13.3. The monoisotopic (exact) mass is 407 g/mol. The topological polar surface area (TPSA) is 112 Å². The number of rotatable bonds is 7. The van der Waals surface area contributed by atoms with Crippen LogP contribution in [0.4, 0.5) is 4.39 Å². The van der Waals surface area contributed by atoms with Gasteiger partial charge in [-0.15, -0.1) is 0 Å². The minimum Gasteiger partial charge on any atom is -0.490 e. The lowest BCUT2D eigenvalue weighted by Gasteiger charge is -2.09. The highest BCUT2D eigenvalue weighted by Crippen LogP contribution is 2.26. The van der Waals surface area contributed by atoms with Crippen molar-refractivity contribution in [2.75, 3.05) is 13.2 Å². The Hall–Kier alpha value is -3.49. The molecule has 2 aromatic carbocycles. The molecule has 0 radical (unpaired) electrons. The van der Waals surface area contributed by atoms with E-state index in [4.69, 9.17) is 16.2 Å². The summed E-state index contributed by atoms with van der Waals surface area (Å²) in [6.07, 6.45) is 0.535. The Kier molecular flexibility index (Phi) is 5.60. The largest absolute Gasteiger partial charge is 0.490 e. The number of aromatic nitrogens is 3. The third-order valence-corrected chi connectivity index (χ3v) is 4.79. The maximum Gasteiger partial charge on any atom is 0.354 e. The van der Waals surface area contributed by atoms with Crippen molar-refractivity contribution in [2.45, 2.75) is 12.7 Å². The lowest BCUT2D eigenvalue weighted by atomic mass is 10.1. The molecule has 5 N–H and O–H groups in total. The van der Waals surface area contributed by atoms with Gasteiger partial charge in [0.1, 0.15) is 24.2 Å². The first-order chi connectivity index (χ1) is 14.6. The van der Waals surface area contributed by atoms with E-state index in [-0.39, 0.29) is 18.8 Å². The van der Waals surface area contributed by atoms with Crippen LogP contribution >= 0.6 is 0 Å². The van der Waals surface area contributed by atoms with Crippen molar-refractivity contribution < 1.29 is 9.13 Å². The molecule has 0 aliphatic carbocycles. The quantitative estimate of drug-likeness (QED) is 0.436. The molecule has 1 atom stereocenters. The number of aromatic amines is 1. The van der Waals surface area contributed by atoms with Gasteiger partial charge in [0.25, 0.3) is 0 Å². The molecule has 8 heteroatoms. The van der Waals surface area contributed by atoms with Gasteiger partial charge in [0.15, 0.2) is 0 Å². The fraction of sp³-hybridized carbons (Fsp3) is 0.182. The second-order valence-electron chi connectivity index (χ2n) is 6.92. The zero-order valence-corrected chi connectivity index (χ0v) is 16.2. The molecule has 2 heterocycles. The maximum atomic E-state index is 13.3. The summed E-state index contributed by atoms with van der Waals surface area (Å²) in [6.45, 7) is 0.255. The number of benzene rings is 2. The predicted molar refractivity (Wildman–Crippen MR) is 114 cm³/mol. The van der Waals surface area contributed by atoms with E-state index in [1.807, 2.05) is 42.5 Å². The smallest absolute Gasteiger partial charge is 0.354 e. The molecule has 154 valence electrons. The summed E-state index contributed by atoms with van der Waals surface area (Å²) in [5.41, 5.74) is 14.3. The SMILES string of the molecule is NCc1ccc(-n2cc3cc(-c4cccc(OC[C@H](F)CN)c4)[nH]c3nc2=O)cc1. The van der Waals surface area contributed by atoms with Crippen LogP contribution < -0.4 is 21.9 Å². The molecule has 0 aliphatic heterocycles. The number of nitrogens with zero attached hydrogens (tertiary/aromatic N) is 2. The third kappa shape index (κ3) is 4.10. The van der Waals surface area contributed by atoms with Crippen LogP contribution in [0, 0.1) is 0 Å². The normalized spacial score (nSPS) is 12.2. The summed E-state index contributed by atoms with van der Waals surface area (Å²) >= 11 is 0. The van der Waals surface area contributed by atoms with Crippen LogP contribution in [0.2, 0.25) is 0 Å². The Balaban J connectivity index is 1.66. The Morgan fingerprint density at radius 1 is 1.13 bits per heavy atom. The molecule has 0 fully saturated rings. The Bertz CT molecular complexity index is 1220. The van der Waals surface area contributed by atoms with Gasteiger partial charge in [-0.25, -0.2) is 9.18 Å². The average molecular weight is 407 g/mol. The molecule has 4 rings (SSSR count). The zero-order chi connectivity index (χ0) is 21.1. The van der Waals surface area contributed by atoms with Crippen molar-refractivity contribution in [1.82, 2.24) is 14.5 Å². The second-order valence-corrected chi connectivity index (χ2v) is 6.92. The van der Waals surface area contributed by atoms with Crippen molar-refractivity contribution in [3.8, 4) is 22.7 Å². The number of ether oxygens (including phenoxy) is 1. The van der Waals surface area contributed by atoms with Crippen LogP contribution in [0.3, 0.4) is 0 Å². The molecule has 0 unspecified atom stereocenters. The van der Waals surface area contributed by atoms with E-state index in [0.717, 1.165) is 22.2 Å². The fourth-order valence-electron chi connectivity index (χ4n) is 3.14. The van der Waals surface area contributed by atoms with Crippen LogP contribution in [0.25, 0.3) is 28.0 Å². The Morgan fingerprint density at radius 3 is 2.67 bits per heavy atom. The molecule has 0 saturated heterocycles. The van der Waals surface area contributed by atoms with Crippen LogP contribution in [0.5, 0.6) is 5.75 Å². The first-order valence-electron chi connectivity index (χ1n) is 9.56. The van der Waals surface area contributed by atoms with Gasteiger partial charge in [-0.1, -0.05) is 24.3 Å². The molecule has 0 saturated carbocycles. The molecule has 0 bridgehead atoms. The van der Waals surface area contributed by atoms with Crippen molar-refractivity contribution >= 4 is 11.0 Å². The number of nitrogens with one attached hydrogen (secondary N) is 1. The van der Waals surface area contributed by atoms with Gasteiger partial charge in [0, 0.05) is 35.9 Å². The minimum absolute atomic E-state index is 0.0835. The first-order valence-corrected chi connectivity index (χ1v) is 9.56. The molecule has 0 aliphatic rings. The van der Waals surface area contributed by atoms with E-state index in [1.54, 1.807) is 18.3 Å². The molecule has 0 amide bonds. The van der Waals surface area contributed by atoms with Gasteiger partial charge in [0.05, 0.1) is 5.69 Å². The number of nitrogens with two attached hydrogens (primary N) is 2. The number of hydrogen-bond donors (Lipinski definition) is 3. The number of halogens is 1. The summed E-state index contributed by atoms with van der Waals surface area (Å²) in [4.78, 5) is 19.8. The van der Waals surface area contributed by atoms with Gasteiger partial charge >= 0.3 is 5.69 Å². The molecule has 7 nitrogen and oxygen atoms in total. The van der Waals surface area contributed by atoms with Crippen molar-refractivity contribution in [1.29, 1.82) is 0 Å². The summed E-state index contributed by atoms with van der Waals surface area (Å²) in [5, 5.41) is 0.783. The summed E-state index contributed by atoms with van der Waals surface area (Å²) < 4.78 is 20.3. The minimum atomic E-state index is -1.21. The zero-order valence-electron chi connectivity index (χ0n) is 16.2. The number of alkyl halides is 1. The summed E-state index contributed by atoms with van der Waals surface area (Å²) in [7, 11) is 0. The van der Waals surface area contributed by atoms with E-state index in [9.17, 15) is 9.18 Å². The Morgan fingerprint density at radius 2 is 1.93 bits per heavy atom. The molecule has 2 aromatic heterocycles. The highest BCUT2D eigenvalue weighted by molar-refractivity contribution is 5.82. The van der Waals surface area contributed by atoms with E-state index in [1.165, 1.54) is 4.57 Å². The summed E-state index contributed by atoms with van der Waals surface area (Å²) in [6, 6.07) is 16.6. The van der Waals surface area contributed by atoms with E-state index >= 15 is 0 Å². The number of hydrogen-bond acceptors (Lipinski definition) is 5. The molecule has 4 aromatic rings. The average Bonchev–Trinajstić information content (AvgIpc) is 3.20. The third-order valence-electron chi connectivity index (χ3n) is 4.79. The lowest BCUT2D eigenvalue weighted by Crippen LogP contribution is -2.22. The second kappa shape index (κ2) is 8.48. The van der Waals surface area contributed by atoms with Crippen LogP contribution in [-0.4, -0.2) is 33.9 Å². The molecule has 0 spiro atoms. The fourth-order valence-corrected chi connectivity index (χ4v) is 3.14. The van der Waals surface area contributed by atoms with Crippen LogP contribution in [-0.2, 0) is 6.54 Å². The van der Waals surface area contributed by atoms with Gasteiger partial charge in [0.2, 0.25) is 0 Å². The van der Waals surface area contributed by atoms with Gasteiger partial charge < -0.3 is 21.2 Å². The van der Waals surface area contributed by atoms with E-state index < -0.39 is 6.17 Å². The van der Waals surface area contributed by atoms with Crippen molar-refractivity contribution in [3.05, 3.63) is 76.8 Å². The summed E-state index contributed by atoms with van der Waals surface area (Å²) in [5.74, 6) is 0.537. The predicted octanol–water partition coefficient (Wildman–Crippen LogP) is 2.52. The van der Waals surface area contributed by atoms with Crippen molar-refractivity contribution in [2.24, 2.45) is 11.5 Å². The Labute approximate surface area is 172 Å². The highest BCUT2D eigenvalue weighted by Gasteiger charge is 2.10. The molecular weight excluding hydrogens is 385 g/mol. The lowest BCUT2D eigenvalue weighted by molar-refractivity contribution is 0.201. The van der Waals surface area contributed by atoms with Crippen LogP contribution in [0.15, 0.2) is 65.6 Å². The van der Waals surface area contributed by atoms with E-state index in [0.29, 0.717) is 23.6 Å².